The number of aliphatic hydroxyl groups excluding tert-OH is 1. The molecule has 2 aliphatic rings. The number of aliphatic hydroxyl groups is 1. The number of nitrogens with zero attached hydrogens (tertiary/aromatic N) is 3. The summed E-state index contributed by atoms with van der Waals surface area (Å²) in [6.07, 6.45) is 3.67. The Morgan fingerprint density at radius 1 is 1.36 bits per heavy atom. The van der Waals surface area contributed by atoms with Crippen molar-refractivity contribution < 1.29 is 14.4 Å². The van der Waals surface area contributed by atoms with E-state index in [1.165, 1.54) is 6.42 Å². The minimum Gasteiger partial charge on any atom is -0.393 e. The maximum absolute atomic E-state index is 12.5. The number of carbonyl (C=O) groups is 1. The molecule has 0 bridgehead atoms. The molecule has 2 aliphatic heterocycles. The van der Waals surface area contributed by atoms with Gasteiger partial charge in [0.15, 0.2) is 11.5 Å². The number of rotatable bonds is 3. The van der Waals surface area contributed by atoms with Crippen LogP contribution in [0.25, 0.3) is 0 Å². The second-order valence-corrected chi connectivity index (χ2v) is 6.68. The van der Waals surface area contributed by atoms with Crippen LogP contribution in [0.3, 0.4) is 0 Å². The Morgan fingerprint density at radius 3 is 2.86 bits per heavy atom. The van der Waals surface area contributed by atoms with Crippen LogP contribution in [-0.4, -0.2) is 58.3 Å². The summed E-state index contributed by atoms with van der Waals surface area (Å²) in [4.78, 5) is 16.6. The van der Waals surface area contributed by atoms with E-state index < -0.39 is 0 Å². The Labute approximate surface area is 131 Å². The predicted molar refractivity (Wildman–Crippen MR) is 81.3 cm³/mol. The summed E-state index contributed by atoms with van der Waals surface area (Å²) in [5, 5.41) is 13.5. The van der Waals surface area contributed by atoms with Gasteiger partial charge in [-0.2, -0.15) is 0 Å². The molecule has 1 N–H and O–H groups in total. The zero-order valence-electron chi connectivity index (χ0n) is 13.2. The predicted octanol–water partition coefficient (Wildman–Crippen LogP) is 1.50. The van der Waals surface area contributed by atoms with Crippen molar-refractivity contribution >= 4 is 5.91 Å². The van der Waals surface area contributed by atoms with E-state index in [1.807, 2.05) is 4.90 Å². The Kier molecular flexibility index (Phi) is 4.78. The van der Waals surface area contributed by atoms with E-state index in [4.69, 9.17) is 4.52 Å². The van der Waals surface area contributed by atoms with Crippen LogP contribution in [0, 0.1) is 5.92 Å². The molecule has 0 saturated carbocycles. The first-order valence-electron chi connectivity index (χ1n) is 8.27. The first-order chi connectivity index (χ1) is 10.6. The van der Waals surface area contributed by atoms with Crippen LogP contribution in [0.5, 0.6) is 0 Å². The number of carbonyl (C=O) groups excluding carboxylic acids is 1. The lowest BCUT2D eigenvalue weighted by molar-refractivity contribution is 0.0670. The van der Waals surface area contributed by atoms with E-state index in [-0.39, 0.29) is 12.0 Å². The van der Waals surface area contributed by atoms with Crippen molar-refractivity contribution in [3.63, 3.8) is 0 Å². The first-order valence-corrected chi connectivity index (χ1v) is 8.27. The average molecular weight is 307 g/mol. The van der Waals surface area contributed by atoms with E-state index in [9.17, 15) is 9.90 Å². The molecule has 3 rings (SSSR count). The third kappa shape index (κ3) is 3.67. The van der Waals surface area contributed by atoms with E-state index >= 15 is 0 Å². The van der Waals surface area contributed by atoms with Crippen molar-refractivity contribution in [1.29, 1.82) is 0 Å². The quantitative estimate of drug-likeness (QED) is 0.916. The van der Waals surface area contributed by atoms with Gasteiger partial charge in [0.25, 0.3) is 5.91 Å². The van der Waals surface area contributed by atoms with Crippen molar-refractivity contribution in [2.24, 2.45) is 5.92 Å². The largest absolute Gasteiger partial charge is 0.393 e. The van der Waals surface area contributed by atoms with E-state index in [0.29, 0.717) is 18.2 Å². The smallest absolute Gasteiger partial charge is 0.276 e. The van der Waals surface area contributed by atoms with Crippen LogP contribution in [0.1, 0.15) is 48.9 Å². The van der Waals surface area contributed by atoms with Crippen molar-refractivity contribution in [1.82, 2.24) is 15.0 Å². The lowest BCUT2D eigenvalue weighted by Gasteiger charge is -2.30. The maximum Gasteiger partial charge on any atom is 0.276 e. The zero-order valence-corrected chi connectivity index (χ0v) is 13.2. The van der Waals surface area contributed by atoms with E-state index in [0.717, 1.165) is 51.2 Å². The molecule has 6 nitrogen and oxygen atoms in total. The molecule has 22 heavy (non-hydrogen) atoms. The molecule has 1 amide bonds. The van der Waals surface area contributed by atoms with Crippen molar-refractivity contribution in [2.45, 2.75) is 45.3 Å². The van der Waals surface area contributed by atoms with Gasteiger partial charge in [0.1, 0.15) is 0 Å². The van der Waals surface area contributed by atoms with Crippen molar-refractivity contribution in [3.8, 4) is 0 Å². The summed E-state index contributed by atoms with van der Waals surface area (Å²) >= 11 is 0. The highest BCUT2D eigenvalue weighted by atomic mass is 16.5. The minimum absolute atomic E-state index is 0.0179. The van der Waals surface area contributed by atoms with Gasteiger partial charge in [0.05, 0.1) is 12.6 Å². The number of amides is 1. The third-order valence-electron chi connectivity index (χ3n) is 4.66. The molecule has 2 fully saturated rings. The molecule has 0 spiro atoms. The molecule has 6 heteroatoms. The molecule has 0 radical (unpaired) electrons. The highest BCUT2D eigenvalue weighted by Crippen LogP contribution is 2.19. The SMILES string of the molecule is CC1CCCN(C(=O)c2cc(CN3CCC(O)CC3)on2)C1. The molecule has 0 aromatic carbocycles. The number of piperidine rings is 2. The lowest BCUT2D eigenvalue weighted by atomic mass is 10.00. The molecular formula is C16H25N3O3. The third-order valence-corrected chi connectivity index (χ3v) is 4.66. The van der Waals surface area contributed by atoms with Gasteiger partial charge in [-0.1, -0.05) is 12.1 Å². The van der Waals surface area contributed by atoms with Gasteiger partial charge in [-0.15, -0.1) is 0 Å². The summed E-state index contributed by atoms with van der Waals surface area (Å²) in [6, 6.07) is 1.77. The van der Waals surface area contributed by atoms with Crippen molar-refractivity contribution in [2.75, 3.05) is 26.2 Å². The summed E-state index contributed by atoms with van der Waals surface area (Å²) < 4.78 is 5.33. The summed E-state index contributed by atoms with van der Waals surface area (Å²) in [5.41, 5.74) is 0.418. The molecule has 1 atom stereocenters. The maximum atomic E-state index is 12.5. The monoisotopic (exact) mass is 307 g/mol. The van der Waals surface area contributed by atoms with Crippen LogP contribution in [0.15, 0.2) is 10.6 Å². The van der Waals surface area contributed by atoms with Crippen LogP contribution >= 0.6 is 0 Å². The highest BCUT2D eigenvalue weighted by Gasteiger charge is 2.25. The van der Waals surface area contributed by atoms with Gasteiger partial charge in [0, 0.05) is 32.2 Å². The van der Waals surface area contributed by atoms with E-state index in [2.05, 4.69) is 17.0 Å². The topological polar surface area (TPSA) is 69.8 Å². The molecular weight excluding hydrogens is 282 g/mol. The fourth-order valence-corrected chi connectivity index (χ4v) is 3.32. The second kappa shape index (κ2) is 6.79. The highest BCUT2D eigenvalue weighted by molar-refractivity contribution is 5.92. The molecule has 2 saturated heterocycles. The van der Waals surface area contributed by atoms with Crippen LogP contribution < -0.4 is 0 Å². The fourth-order valence-electron chi connectivity index (χ4n) is 3.32. The standard InChI is InChI=1S/C16H25N3O3/c1-12-3-2-6-19(10-12)16(21)15-9-14(22-17-15)11-18-7-4-13(20)5-8-18/h9,12-13,20H,2-8,10-11H2,1H3. The van der Waals surface area contributed by atoms with E-state index in [1.54, 1.807) is 6.07 Å². The molecule has 1 aromatic heterocycles. The Hall–Kier alpha value is -1.40. The first kappa shape index (κ1) is 15.5. The summed E-state index contributed by atoms with van der Waals surface area (Å²) in [7, 11) is 0. The Morgan fingerprint density at radius 2 is 2.14 bits per heavy atom. The van der Waals surface area contributed by atoms with Gasteiger partial charge in [0.2, 0.25) is 0 Å². The average Bonchev–Trinajstić information content (AvgIpc) is 2.97. The number of aromatic nitrogens is 1. The van der Waals surface area contributed by atoms with Crippen LogP contribution in [0.4, 0.5) is 0 Å². The number of hydrogen-bond donors (Lipinski definition) is 1. The summed E-state index contributed by atoms with van der Waals surface area (Å²) in [6.45, 7) is 6.17. The zero-order chi connectivity index (χ0) is 15.5. The molecule has 1 aromatic rings. The van der Waals surface area contributed by atoms with Gasteiger partial charge in [-0.25, -0.2) is 0 Å². The van der Waals surface area contributed by atoms with Gasteiger partial charge in [-0.05, 0) is 31.6 Å². The number of likely N-dealkylation sites (tertiary alicyclic amines) is 2. The van der Waals surface area contributed by atoms with Crippen LogP contribution in [0.2, 0.25) is 0 Å². The molecule has 122 valence electrons. The van der Waals surface area contributed by atoms with Crippen molar-refractivity contribution in [3.05, 3.63) is 17.5 Å². The van der Waals surface area contributed by atoms with Gasteiger partial charge >= 0.3 is 0 Å². The Balaban J connectivity index is 1.57. The minimum atomic E-state index is -0.177. The Bertz CT molecular complexity index is 508. The molecule has 3 heterocycles. The number of hydrogen-bond acceptors (Lipinski definition) is 5. The fraction of sp³-hybridized carbons (Fsp3) is 0.750. The molecule has 0 aliphatic carbocycles. The van der Waals surface area contributed by atoms with Crippen LogP contribution in [-0.2, 0) is 6.54 Å². The van der Waals surface area contributed by atoms with Gasteiger partial charge in [-0.3, -0.25) is 9.69 Å². The summed E-state index contributed by atoms with van der Waals surface area (Å²) in [5.74, 6) is 1.27. The molecule has 1 unspecified atom stereocenters. The second-order valence-electron chi connectivity index (χ2n) is 6.68. The van der Waals surface area contributed by atoms with Gasteiger partial charge < -0.3 is 14.5 Å². The lowest BCUT2D eigenvalue weighted by Crippen LogP contribution is -2.39. The normalized spacial score (nSPS) is 24.6.